The van der Waals surface area contributed by atoms with Gasteiger partial charge in [0.1, 0.15) is 0 Å². The summed E-state index contributed by atoms with van der Waals surface area (Å²) < 4.78 is 26.4. The Kier molecular flexibility index (Phi) is 3.44. The van der Waals surface area contributed by atoms with Crippen LogP contribution in [0.5, 0.6) is 0 Å². The van der Waals surface area contributed by atoms with Gasteiger partial charge in [0.2, 0.25) is 10.0 Å². The van der Waals surface area contributed by atoms with Crippen LogP contribution in [0.4, 0.5) is 5.69 Å². The largest absolute Gasteiger partial charge is 0.269 e. The zero-order valence-electron chi connectivity index (χ0n) is 9.44. The molecule has 1 aromatic rings. The van der Waals surface area contributed by atoms with Crippen LogP contribution in [-0.4, -0.2) is 19.4 Å². The average Bonchev–Trinajstić information content (AvgIpc) is 2.81. The van der Waals surface area contributed by atoms with Gasteiger partial charge in [0.25, 0.3) is 5.69 Å². The quantitative estimate of drug-likeness (QED) is 0.510. The minimum Gasteiger partial charge on any atom is -0.258 e. The van der Waals surface area contributed by atoms with Crippen molar-refractivity contribution < 1.29 is 13.3 Å². The second-order valence-corrected chi connectivity index (χ2v) is 5.70. The zero-order valence-corrected chi connectivity index (χ0v) is 10.3. The van der Waals surface area contributed by atoms with Gasteiger partial charge in [-0.3, -0.25) is 10.1 Å². The molecule has 96 valence electrons. The number of allylic oxidation sites excluding steroid dienone is 1. The highest BCUT2D eigenvalue weighted by molar-refractivity contribution is 7.89. The molecule has 7 heteroatoms. The molecule has 0 fully saturated rings. The van der Waals surface area contributed by atoms with Gasteiger partial charge in [0.15, 0.2) is 0 Å². The van der Waals surface area contributed by atoms with Gasteiger partial charge < -0.3 is 0 Å². The number of hydrogen-bond donors (Lipinski definition) is 1. The first-order valence-electron chi connectivity index (χ1n) is 5.42. The molecule has 0 spiro atoms. The lowest BCUT2D eigenvalue weighted by atomic mass is 10.3. The summed E-state index contributed by atoms with van der Waals surface area (Å²) in [6, 6.07) is 4.64. The third kappa shape index (κ3) is 2.74. The zero-order chi connectivity index (χ0) is 13.2. The predicted octanol–water partition coefficient (Wildman–Crippen LogP) is 1.59. The Bertz CT molecular complexity index is 578. The Morgan fingerprint density at radius 2 is 1.94 bits per heavy atom. The van der Waals surface area contributed by atoms with Gasteiger partial charge in [-0.15, -0.1) is 0 Å². The van der Waals surface area contributed by atoms with E-state index in [0.29, 0.717) is 0 Å². The van der Waals surface area contributed by atoms with Gasteiger partial charge in [-0.05, 0) is 25.0 Å². The standard InChI is InChI=1S/C11H12N2O4S/c14-13(15)10-5-7-11(8-6-10)18(16,17)12-9-3-1-2-4-9/h1,3,5-9,12H,2,4H2. The molecule has 1 atom stereocenters. The maximum atomic E-state index is 12.0. The summed E-state index contributed by atoms with van der Waals surface area (Å²) in [6.45, 7) is 0. The van der Waals surface area contributed by atoms with E-state index in [4.69, 9.17) is 0 Å². The van der Waals surface area contributed by atoms with Gasteiger partial charge in [-0.2, -0.15) is 0 Å². The summed E-state index contributed by atoms with van der Waals surface area (Å²) in [5.74, 6) is 0. The van der Waals surface area contributed by atoms with Crippen LogP contribution in [0.25, 0.3) is 0 Å². The molecule has 2 rings (SSSR count). The number of rotatable bonds is 4. The lowest BCUT2D eigenvalue weighted by Crippen LogP contribution is -2.32. The van der Waals surface area contributed by atoms with Gasteiger partial charge in [-0.25, -0.2) is 13.1 Å². The van der Waals surface area contributed by atoms with E-state index >= 15 is 0 Å². The van der Waals surface area contributed by atoms with Gasteiger partial charge in [-0.1, -0.05) is 12.2 Å². The highest BCUT2D eigenvalue weighted by Crippen LogP contribution is 2.17. The topological polar surface area (TPSA) is 89.3 Å². The van der Waals surface area contributed by atoms with E-state index in [0.717, 1.165) is 12.8 Å². The molecule has 1 aliphatic carbocycles. The molecule has 6 nitrogen and oxygen atoms in total. The van der Waals surface area contributed by atoms with E-state index in [2.05, 4.69) is 4.72 Å². The Morgan fingerprint density at radius 3 is 2.44 bits per heavy atom. The fraction of sp³-hybridized carbons (Fsp3) is 0.273. The number of nitro benzene ring substituents is 1. The van der Waals surface area contributed by atoms with E-state index in [-0.39, 0.29) is 16.6 Å². The van der Waals surface area contributed by atoms with Crippen molar-refractivity contribution in [1.29, 1.82) is 0 Å². The van der Waals surface area contributed by atoms with Gasteiger partial charge >= 0.3 is 0 Å². The van der Waals surface area contributed by atoms with Gasteiger partial charge in [0, 0.05) is 18.2 Å². The van der Waals surface area contributed by atoms with E-state index in [1.807, 2.05) is 12.2 Å². The van der Waals surface area contributed by atoms with Crippen LogP contribution in [0.1, 0.15) is 12.8 Å². The Labute approximate surface area is 105 Å². The van der Waals surface area contributed by atoms with Crippen LogP contribution >= 0.6 is 0 Å². The molecule has 0 amide bonds. The number of nitrogens with zero attached hydrogens (tertiary/aromatic N) is 1. The predicted molar refractivity (Wildman–Crippen MR) is 65.6 cm³/mol. The van der Waals surface area contributed by atoms with Crippen LogP contribution in [0.3, 0.4) is 0 Å². The smallest absolute Gasteiger partial charge is 0.258 e. The van der Waals surface area contributed by atoms with Crippen LogP contribution in [-0.2, 0) is 10.0 Å². The molecule has 0 aliphatic heterocycles. The average molecular weight is 268 g/mol. The molecule has 1 aliphatic rings. The summed E-state index contributed by atoms with van der Waals surface area (Å²) in [7, 11) is -3.61. The van der Waals surface area contributed by atoms with Crippen LogP contribution in [0.2, 0.25) is 0 Å². The van der Waals surface area contributed by atoms with Crippen LogP contribution in [0, 0.1) is 10.1 Å². The lowest BCUT2D eigenvalue weighted by molar-refractivity contribution is -0.384. The molecule has 0 saturated heterocycles. The Morgan fingerprint density at radius 1 is 1.28 bits per heavy atom. The van der Waals surface area contributed by atoms with Crippen molar-refractivity contribution in [2.24, 2.45) is 0 Å². The highest BCUT2D eigenvalue weighted by Gasteiger charge is 2.20. The molecule has 1 aromatic carbocycles. The molecule has 0 heterocycles. The fourth-order valence-electron chi connectivity index (χ4n) is 1.75. The van der Waals surface area contributed by atoms with Crippen molar-refractivity contribution in [2.45, 2.75) is 23.8 Å². The Balaban J connectivity index is 2.18. The first kappa shape index (κ1) is 12.7. The lowest BCUT2D eigenvalue weighted by Gasteiger charge is -2.11. The maximum Gasteiger partial charge on any atom is 0.269 e. The number of hydrogen-bond acceptors (Lipinski definition) is 4. The number of benzene rings is 1. The van der Waals surface area contributed by atoms with E-state index in [1.54, 1.807) is 0 Å². The van der Waals surface area contributed by atoms with Crippen LogP contribution in [0.15, 0.2) is 41.3 Å². The van der Waals surface area contributed by atoms with Gasteiger partial charge in [0.05, 0.1) is 9.82 Å². The van der Waals surface area contributed by atoms with Crippen molar-refractivity contribution >= 4 is 15.7 Å². The second-order valence-electron chi connectivity index (χ2n) is 3.98. The minimum atomic E-state index is -3.61. The molecule has 0 saturated carbocycles. The maximum absolute atomic E-state index is 12.0. The summed E-state index contributed by atoms with van der Waals surface area (Å²) >= 11 is 0. The highest BCUT2D eigenvalue weighted by atomic mass is 32.2. The van der Waals surface area contributed by atoms with Crippen molar-refractivity contribution in [2.75, 3.05) is 0 Å². The van der Waals surface area contributed by atoms with Crippen molar-refractivity contribution in [3.63, 3.8) is 0 Å². The molecular formula is C11H12N2O4S. The molecule has 18 heavy (non-hydrogen) atoms. The third-order valence-corrected chi connectivity index (χ3v) is 4.18. The Hall–Kier alpha value is -1.73. The van der Waals surface area contributed by atoms with Crippen molar-refractivity contribution in [3.05, 3.63) is 46.5 Å². The van der Waals surface area contributed by atoms with Crippen LogP contribution < -0.4 is 4.72 Å². The van der Waals surface area contributed by atoms with E-state index < -0.39 is 14.9 Å². The number of non-ortho nitro benzene ring substituents is 1. The SMILES string of the molecule is O=[N+]([O-])c1ccc(S(=O)(=O)NC2C=CCC2)cc1. The summed E-state index contributed by atoms with van der Waals surface area (Å²) in [5, 5.41) is 10.5. The number of sulfonamides is 1. The van der Waals surface area contributed by atoms with Crippen molar-refractivity contribution in [1.82, 2.24) is 4.72 Å². The molecule has 0 bridgehead atoms. The summed E-state index contributed by atoms with van der Waals surface area (Å²) in [6.07, 6.45) is 5.33. The molecule has 1 unspecified atom stereocenters. The minimum absolute atomic E-state index is 0.0356. The molecule has 1 N–H and O–H groups in total. The normalized spacial score (nSPS) is 19.0. The second kappa shape index (κ2) is 4.87. The van der Waals surface area contributed by atoms with E-state index in [9.17, 15) is 18.5 Å². The first-order chi connectivity index (χ1) is 8.49. The monoisotopic (exact) mass is 268 g/mol. The number of nitro groups is 1. The summed E-state index contributed by atoms with van der Waals surface area (Å²) in [5.41, 5.74) is -0.130. The van der Waals surface area contributed by atoms with E-state index in [1.165, 1.54) is 24.3 Å². The first-order valence-corrected chi connectivity index (χ1v) is 6.91. The molecule has 0 aromatic heterocycles. The number of nitrogens with one attached hydrogen (secondary N) is 1. The van der Waals surface area contributed by atoms with Crippen molar-refractivity contribution in [3.8, 4) is 0 Å². The third-order valence-electron chi connectivity index (χ3n) is 2.68. The molecular weight excluding hydrogens is 256 g/mol. The molecule has 0 radical (unpaired) electrons. The summed E-state index contributed by atoms with van der Waals surface area (Å²) in [4.78, 5) is 9.94. The fourth-order valence-corrected chi connectivity index (χ4v) is 2.97.